The summed E-state index contributed by atoms with van der Waals surface area (Å²) in [4.78, 5) is 11.8. The lowest BCUT2D eigenvalue weighted by molar-refractivity contribution is 0.874. The van der Waals surface area contributed by atoms with E-state index in [1.165, 1.54) is 12.8 Å². The predicted molar refractivity (Wildman–Crippen MR) is 113 cm³/mol. The van der Waals surface area contributed by atoms with Crippen LogP contribution in [0.4, 0.5) is 5.82 Å². The normalized spacial score (nSPS) is 20.0. The van der Waals surface area contributed by atoms with E-state index in [0.29, 0.717) is 5.82 Å². The van der Waals surface area contributed by atoms with Crippen LogP contribution in [0.5, 0.6) is 0 Å². The fraction of sp³-hybridized carbons (Fsp3) is 0.409. The SMILES string of the molecule is C/C=C/C=C/c1ccc2nc(N3CCC(B(C#N)CC4CC4)C3)ccc2n1. The minimum absolute atomic E-state index is 0.205. The lowest BCUT2D eigenvalue weighted by Crippen LogP contribution is -2.25. The van der Waals surface area contributed by atoms with Gasteiger partial charge in [-0.15, -0.1) is 0 Å². The van der Waals surface area contributed by atoms with E-state index in [4.69, 9.17) is 4.98 Å². The number of rotatable bonds is 6. The van der Waals surface area contributed by atoms with Crippen molar-refractivity contribution in [2.24, 2.45) is 5.92 Å². The van der Waals surface area contributed by atoms with Crippen LogP contribution in [0.1, 0.15) is 31.9 Å². The highest BCUT2D eigenvalue weighted by atomic mass is 15.2. The summed E-state index contributed by atoms with van der Waals surface area (Å²) in [6.45, 7) is 4.14. The summed E-state index contributed by atoms with van der Waals surface area (Å²) in [6, 6.07) is 8.18. The van der Waals surface area contributed by atoms with E-state index >= 15 is 0 Å². The minimum Gasteiger partial charge on any atom is -0.357 e. The van der Waals surface area contributed by atoms with Crippen molar-refractivity contribution in [1.82, 2.24) is 9.97 Å². The van der Waals surface area contributed by atoms with E-state index in [-0.39, 0.29) is 6.71 Å². The van der Waals surface area contributed by atoms with Crippen molar-refractivity contribution < 1.29 is 0 Å². The summed E-state index contributed by atoms with van der Waals surface area (Å²) < 4.78 is 0. The Bertz CT molecular complexity index is 910. The topological polar surface area (TPSA) is 52.8 Å². The molecule has 1 atom stereocenters. The summed E-state index contributed by atoms with van der Waals surface area (Å²) in [5.74, 6) is 4.87. The minimum atomic E-state index is 0.205. The first-order valence-corrected chi connectivity index (χ1v) is 9.98. The van der Waals surface area contributed by atoms with Crippen LogP contribution in [0.2, 0.25) is 12.1 Å². The van der Waals surface area contributed by atoms with Crippen molar-refractivity contribution in [3.63, 3.8) is 0 Å². The number of nitrogens with zero attached hydrogens (tertiary/aromatic N) is 4. The Hall–Kier alpha value is -2.61. The van der Waals surface area contributed by atoms with E-state index < -0.39 is 0 Å². The molecule has 136 valence electrons. The summed E-state index contributed by atoms with van der Waals surface area (Å²) in [5.41, 5.74) is 2.78. The van der Waals surface area contributed by atoms with E-state index in [1.54, 1.807) is 0 Å². The average molecular weight is 356 g/mol. The second-order valence-electron chi connectivity index (χ2n) is 7.74. The zero-order chi connectivity index (χ0) is 18.6. The Balaban J connectivity index is 1.47. The number of aromatic nitrogens is 2. The molecule has 1 saturated carbocycles. The second kappa shape index (κ2) is 7.96. The highest BCUT2D eigenvalue weighted by Gasteiger charge is 2.37. The highest BCUT2D eigenvalue weighted by Crippen LogP contribution is 2.38. The Morgan fingerprint density at radius 2 is 1.96 bits per heavy atom. The molecule has 0 aromatic carbocycles. The van der Waals surface area contributed by atoms with Crippen LogP contribution in [0.15, 0.2) is 42.5 Å². The third kappa shape index (κ3) is 4.22. The average Bonchev–Trinajstić information content (AvgIpc) is 3.39. The Morgan fingerprint density at radius 1 is 1.15 bits per heavy atom. The molecule has 1 saturated heterocycles. The van der Waals surface area contributed by atoms with Crippen LogP contribution in [-0.4, -0.2) is 29.8 Å². The summed E-state index contributed by atoms with van der Waals surface area (Å²) >= 11 is 0. The van der Waals surface area contributed by atoms with Gasteiger partial charge in [0.1, 0.15) is 5.82 Å². The molecule has 2 fully saturated rings. The van der Waals surface area contributed by atoms with E-state index in [9.17, 15) is 5.26 Å². The molecule has 2 aromatic heterocycles. The second-order valence-corrected chi connectivity index (χ2v) is 7.74. The van der Waals surface area contributed by atoms with Gasteiger partial charge in [0.15, 0.2) is 0 Å². The van der Waals surface area contributed by atoms with Crippen LogP contribution in [-0.2, 0) is 0 Å². The largest absolute Gasteiger partial charge is 0.357 e. The lowest BCUT2D eigenvalue weighted by Gasteiger charge is -2.19. The van der Waals surface area contributed by atoms with Crippen LogP contribution >= 0.6 is 0 Å². The molecule has 2 aromatic rings. The molecule has 0 spiro atoms. The standard InChI is InChI=1S/C22H25BN4/c1-2-3-4-5-19-8-9-21-20(25-19)10-11-22(26-21)27-13-12-18(15-27)23(16-24)14-17-6-7-17/h2-5,8-11,17-18H,6-7,12-15H2,1H3/b3-2+,5-4+. The van der Waals surface area contributed by atoms with Gasteiger partial charge in [-0.3, -0.25) is 0 Å². The molecular weight excluding hydrogens is 331 g/mol. The zero-order valence-electron chi connectivity index (χ0n) is 15.9. The zero-order valence-corrected chi connectivity index (χ0v) is 15.9. The molecule has 0 bridgehead atoms. The number of hydrogen-bond acceptors (Lipinski definition) is 4. The molecule has 0 amide bonds. The first-order valence-electron chi connectivity index (χ1n) is 9.98. The van der Waals surface area contributed by atoms with Crippen LogP contribution in [0.3, 0.4) is 0 Å². The van der Waals surface area contributed by atoms with Gasteiger partial charge >= 0.3 is 0 Å². The number of pyridine rings is 2. The van der Waals surface area contributed by atoms with Crippen molar-refractivity contribution in [2.75, 3.05) is 18.0 Å². The molecule has 5 heteroatoms. The molecule has 0 radical (unpaired) electrons. The van der Waals surface area contributed by atoms with Crippen LogP contribution in [0, 0.1) is 17.1 Å². The first kappa shape index (κ1) is 17.8. The van der Waals surface area contributed by atoms with Crippen molar-refractivity contribution in [2.45, 2.75) is 38.3 Å². The Labute approximate surface area is 161 Å². The molecule has 1 unspecified atom stereocenters. The third-order valence-corrected chi connectivity index (χ3v) is 5.69. The van der Waals surface area contributed by atoms with Crippen LogP contribution < -0.4 is 4.90 Å². The van der Waals surface area contributed by atoms with Gasteiger partial charge in [0.25, 0.3) is 6.71 Å². The summed E-state index contributed by atoms with van der Waals surface area (Å²) in [5, 5.41) is 9.56. The van der Waals surface area contributed by atoms with E-state index in [0.717, 1.165) is 54.3 Å². The molecule has 4 rings (SSSR count). The smallest absolute Gasteiger partial charge is 0.273 e. The van der Waals surface area contributed by atoms with Crippen LogP contribution in [0.25, 0.3) is 17.1 Å². The Morgan fingerprint density at radius 3 is 2.74 bits per heavy atom. The number of fused-ring (bicyclic) bond motifs is 1. The van der Waals surface area contributed by atoms with Gasteiger partial charge in [-0.25, -0.2) is 15.2 Å². The molecule has 0 N–H and O–H groups in total. The van der Waals surface area contributed by atoms with Crippen molar-refractivity contribution in [3.8, 4) is 5.97 Å². The van der Waals surface area contributed by atoms with Crippen molar-refractivity contribution in [3.05, 3.63) is 48.2 Å². The number of nitriles is 1. The lowest BCUT2D eigenvalue weighted by atomic mass is 9.39. The highest BCUT2D eigenvalue weighted by molar-refractivity contribution is 6.68. The van der Waals surface area contributed by atoms with E-state index in [2.05, 4.69) is 28.0 Å². The first-order chi connectivity index (χ1) is 13.3. The van der Waals surface area contributed by atoms with Crippen molar-refractivity contribution >= 4 is 29.6 Å². The number of anilines is 1. The van der Waals surface area contributed by atoms with Gasteiger partial charge in [0.05, 0.1) is 16.7 Å². The van der Waals surface area contributed by atoms with Gasteiger partial charge in [0.2, 0.25) is 0 Å². The maximum absolute atomic E-state index is 9.56. The van der Waals surface area contributed by atoms with Gasteiger partial charge in [-0.2, -0.15) is 0 Å². The fourth-order valence-corrected chi connectivity index (χ4v) is 3.94. The van der Waals surface area contributed by atoms with Gasteiger partial charge in [-0.1, -0.05) is 37.4 Å². The van der Waals surface area contributed by atoms with E-state index in [1.807, 2.05) is 43.4 Å². The van der Waals surface area contributed by atoms with Gasteiger partial charge in [-0.05, 0) is 55.4 Å². The quantitative estimate of drug-likeness (QED) is 0.553. The van der Waals surface area contributed by atoms with Crippen molar-refractivity contribution in [1.29, 1.82) is 5.26 Å². The molecule has 4 nitrogen and oxygen atoms in total. The number of hydrogen-bond donors (Lipinski definition) is 0. The summed E-state index contributed by atoms with van der Waals surface area (Å²) in [7, 11) is 0. The molecule has 3 heterocycles. The maximum atomic E-state index is 9.56. The van der Waals surface area contributed by atoms with Gasteiger partial charge < -0.3 is 4.90 Å². The Kier molecular flexibility index (Phi) is 5.24. The predicted octanol–water partition coefficient (Wildman–Crippen LogP) is 4.77. The summed E-state index contributed by atoms with van der Waals surface area (Å²) in [6.07, 6.45) is 12.8. The maximum Gasteiger partial charge on any atom is 0.273 e. The molecule has 2 aliphatic rings. The monoisotopic (exact) mass is 356 g/mol. The molecule has 27 heavy (non-hydrogen) atoms. The molecule has 1 aliphatic heterocycles. The number of allylic oxidation sites excluding steroid dienone is 3. The fourth-order valence-electron chi connectivity index (χ4n) is 3.94. The van der Waals surface area contributed by atoms with Gasteiger partial charge in [0, 0.05) is 19.1 Å². The molecular formula is C22H25BN4. The molecule has 1 aliphatic carbocycles. The third-order valence-electron chi connectivity index (χ3n) is 5.69.